The summed E-state index contributed by atoms with van der Waals surface area (Å²) in [6.45, 7) is 5.26. The number of nitrogens with one attached hydrogen (secondary N) is 1. The van der Waals surface area contributed by atoms with Gasteiger partial charge in [-0.25, -0.2) is 9.97 Å². The maximum Gasteiger partial charge on any atom is 0.226 e. The molecule has 0 bridgehead atoms. The Balaban J connectivity index is 1.95. The second kappa shape index (κ2) is 6.65. The molecule has 2 heterocycles. The number of ether oxygens (including phenoxy) is 1. The fraction of sp³-hybridized carbons (Fsp3) is 0.643. The van der Waals surface area contributed by atoms with E-state index < -0.39 is 0 Å². The van der Waals surface area contributed by atoms with Crippen molar-refractivity contribution >= 4 is 11.7 Å². The Morgan fingerprint density at radius 2 is 2.40 bits per heavy atom. The first-order chi connectivity index (χ1) is 9.59. The second-order valence-electron chi connectivity index (χ2n) is 5.48. The summed E-state index contributed by atoms with van der Waals surface area (Å²) in [6.07, 6.45) is 4.81. The number of nitrogens with zero attached hydrogens (tertiary/aromatic N) is 2. The molecule has 6 nitrogen and oxygen atoms in total. The van der Waals surface area contributed by atoms with Crippen LogP contribution in [0.2, 0.25) is 0 Å². The van der Waals surface area contributed by atoms with Crippen LogP contribution in [0.5, 0.6) is 0 Å². The lowest BCUT2D eigenvalue weighted by Gasteiger charge is -2.33. The molecule has 20 heavy (non-hydrogen) atoms. The predicted molar refractivity (Wildman–Crippen MR) is 75.6 cm³/mol. The number of nitrogen functional groups attached to an aromatic ring is 1. The first-order valence-electron chi connectivity index (χ1n) is 7.03. The lowest BCUT2D eigenvalue weighted by molar-refractivity contribution is -0.137. The molecule has 6 heteroatoms. The zero-order valence-electron chi connectivity index (χ0n) is 12.0. The molecule has 110 valence electrons. The van der Waals surface area contributed by atoms with Crippen molar-refractivity contribution in [2.24, 2.45) is 11.8 Å². The highest BCUT2D eigenvalue weighted by Crippen LogP contribution is 2.26. The van der Waals surface area contributed by atoms with Crippen LogP contribution in [-0.4, -0.2) is 28.6 Å². The zero-order valence-corrected chi connectivity index (χ0v) is 12.0. The van der Waals surface area contributed by atoms with Crippen molar-refractivity contribution in [1.82, 2.24) is 15.3 Å². The molecule has 0 spiro atoms. The van der Waals surface area contributed by atoms with E-state index in [1.165, 1.54) is 6.33 Å². The number of carbonyl (C=O) groups is 1. The van der Waals surface area contributed by atoms with Crippen molar-refractivity contribution in [2.45, 2.75) is 39.3 Å². The molecule has 2 atom stereocenters. The minimum atomic E-state index is -0.0883. The van der Waals surface area contributed by atoms with E-state index in [1.807, 2.05) is 0 Å². The van der Waals surface area contributed by atoms with Crippen LogP contribution in [0.25, 0.3) is 0 Å². The van der Waals surface area contributed by atoms with Crippen molar-refractivity contribution in [2.75, 3.05) is 12.3 Å². The first-order valence-corrected chi connectivity index (χ1v) is 7.03. The number of carbonyl (C=O) groups excluding carboxylic acids is 1. The smallest absolute Gasteiger partial charge is 0.226 e. The summed E-state index contributed by atoms with van der Waals surface area (Å²) in [6, 6.07) is 0. The Morgan fingerprint density at radius 1 is 1.60 bits per heavy atom. The molecule has 1 saturated heterocycles. The SMILES string of the molecule is CC(C)[C@@H]1OCCC[C@@H]1C(=O)NCc1cncnc1N. The molecule has 0 unspecified atom stereocenters. The van der Waals surface area contributed by atoms with Crippen molar-refractivity contribution in [1.29, 1.82) is 0 Å². The van der Waals surface area contributed by atoms with Crippen LogP contribution in [0.3, 0.4) is 0 Å². The van der Waals surface area contributed by atoms with E-state index in [4.69, 9.17) is 10.5 Å². The Hall–Kier alpha value is -1.69. The highest BCUT2D eigenvalue weighted by molar-refractivity contribution is 5.79. The van der Waals surface area contributed by atoms with Gasteiger partial charge in [-0.15, -0.1) is 0 Å². The Kier molecular flexibility index (Phi) is 4.89. The van der Waals surface area contributed by atoms with Gasteiger partial charge in [-0.1, -0.05) is 13.8 Å². The van der Waals surface area contributed by atoms with Crippen molar-refractivity contribution < 1.29 is 9.53 Å². The molecule has 0 saturated carbocycles. The summed E-state index contributed by atoms with van der Waals surface area (Å²) in [4.78, 5) is 20.1. The van der Waals surface area contributed by atoms with Crippen LogP contribution >= 0.6 is 0 Å². The van der Waals surface area contributed by atoms with Gasteiger partial charge in [0.2, 0.25) is 5.91 Å². The van der Waals surface area contributed by atoms with Gasteiger partial charge in [0.1, 0.15) is 12.1 Å². The minimum absolute atomic E-state index is 0.00637. The molecule has 1 amide bonds. The third-order valence-electron chi connectivity index (χ3n) is 3.64. The van der Waals surface area contributed by atoms with Gasteiger partial charge in [0.05, 0.1) is 12.0 Å². The lowest BCUT2D eigenvalue weighted by Crippen LogP contribution is -2.43. The van der Waals surface area contributed by atoms with Gasteiger partial charge < -0.3 is 15.8 Å². The summed E-state index contributed by atoms with van der Waals surface area (Å²) in [7, 11) is 0. The van der Waals surface area contributed by atoms with E-state index in [0.29, 0.717) is 18.3 Å². The number of aromatic nitrogens is 2. The molecular formula is C14H22N4O2. The van der Waals surface area contributed by atoms with E-state index in [-0.39, 0.29) is 17.9 Å². The molecule has 0 aliphatic carbocycles. The summed E-state index contributed by atoms with van der Waals surface area (Å²) in [5, 5.41) is 2.92. The zero-order chi connectivity index (χ0) is 14.5. The standard InChI is InChI=1S/C14H22N4O2/c1-9(2)12-11(4-3-5-20-12)14(19)17-7-10-6-16-8-18-13(10)15/h6,8-9,11-12H,3-5,7H2,1-2H3,(H,17,19)(H2,15,16,18)/t11-,12-/m0/s1. The number of amides is 1. The van der Waals surface area contributed by atoms with Crippen LogP contribution < -0.4 is 11.1 Å². The Labute approximate surface area is 119 Å². The van der Waals surface area contributed by atoms with Crippen LogP contribution in [0.15, 0.2) is 12.5 Å². The van der Waals surface area contributed by atoms with Gasteiger partial charge in [-0.2, -0.15) is 0 Å². The number of nitrogens with two attached hydrogens (primary N) is 1. The number of anilines is 1. The predicted octanol–water partition coefficient (Wildman–Crippen LogP) is 1.13. The number of hydrogen-bond donors (Lipinski definition) is 2. The quantitative estimate of drug-likeness (QED) is 0.861. The summed E-state index contributed by atoms with van der Waals surface area (Å²) in [5.74, 6) is 0.665. The molecule has 3 N–H and O–H groups in total. The third kappa shape index (κ3) is 3.45. The molecule has 1 aromatic rings. The van der Waals surface area contributed by atoms with Gasteiger partial charge in [0, 0.05) is 24.9 Å². The topological polar surface area (TPSA) is 90.1 Å². The number of rotatable bonds is 4. The van der Waals surface area contributed by atoms with Gasteiger partial charge in [-0.3, -0.25) is 4.79 Å². The molecule has 1 aromatic heterocycles. The molecule has 1 aliphatic heterocycles. The maximum atomic E-state index is 12.3. The van der Waals surface area contributed by atoms with E-state index in [2.05, 4.69) is 29.1 Å². The van der Waals surface area contributed by atoms with E-state index in [0.717, 1.165) is 25.0 Å². The molecular weight excluding hydrogens is 256 g/mol. The third-order valence-corrected chi connectivity index (χ3v) is 3.64. The van der Waals surface area contributed by atoms with Gasteiger partial charge in [0.15, 0.2) is 0 Å². The fourth-order valence-corrected chi connectivity index (χ4v) is 2.56. The maximum absolute atomic E-state index is 12.3. The molecule has 1 aliphatic rings. The lowest BCUT2D eigenvalue weighted by atomic mass is 9.87. The number of hydrogen-bond acceptors (Lipinski definition) is 5. The van der Waals surface area contributed by atoms with Crippen molar-refractivity contribution in [3.63, 3.8) is 0 Å². The Bertz CT molecular complexity index is 464. The molecule has 0 aromatic carbocycles. The van der Waals surface area contributed by atoms with Crippen LogP contribution in [0.1, 0.15) is 32.3 Å². The van der Waals surface area contributed by atoms with Crippen LogP contribution in [0, 0.1) is 11.8 Å². The fourth-order valence-electron chi connectivity index (χ4n) is 2.56. The molecule has 1 fully saturated rings. The van der Waals surface area contributed by atoms with Gasteiger partial charge >= 0.3 is 0 Å². The average Bonchev–Trinajstić information content (AvgIpc) is 2.46. The minimum Gasteiger partial charge on any atom is -0.383 e. The summed E-state index contributed by atoms with van der Waals surface area (Å²) in [5.41, 5.74) is 6.47. The normalized spacial score (nSPS) is 22.8. The summed E-state index contributed by atoms with van der Waals surface area (Å²) < 4.78 is 5.74. The second-order valence-corrected chi connectivity index (χ2v) is 5.48. The van der Waals surface area contributed by atoms with E-state index in [1.54, 1.807) is 6.20 Å². The van der Waals surface area contributed by atoms with Crippen molar-refractivity contribution in [3.05, 3.63) is 18.1 Å². The van der Waals surface area contributed by atoms with Crippen LogP contribution in [0.4, 0.5) is 5.82 Å². The first kappa shape index (κ1) is 14.7. The molecule has 0 radical (unpaired) electrons. The van der Waals surface area contributed by atoms with E-state index >= 15 is 0 Å². The molecule has 2 rings (SSSR count). The van der Waals surface area contributed by atoms with Gasteiger partial charge in [0.25, 0.3) is 0 Å². The van der Waals surface area contributed by atoms with Gasteiger partial charge in [-0.05, 0) is 18.8 Å². The Morgan fingerprint density at radius 3 is 3.10 bits per heavy atom. The highest BCUT2D eigenvalue weighted by Gasteiger charge is 2.33. The average molecular weight is 278 g/mol. The van der Waals surface area contributed by atoms with Crippen LogP contribution in [-0.2, 0) is 16.1 Å². The van der Waals surface area contributed by atoms with Crippen molar-refractivity contribution in [3.8, 4) is 0 Å². The summed E-state index contributed by atoms with van der Waals surface area (Å²) >= 11 is 0. The largest absolute Gasteiger partial charge is 0.383 e. The van der Waals surface area contributed by atoms with E-state index in [9.17, 15) is 4.79 Å². The monoisotopic (exact) mass is 278 g/mol. The highest BCUT2D eigenvalue weighted by atomic mass is 16.5.